The lowest BCUT2D eigenvalue weighted by molar-refractivity contribution is -0.386. The second-order valence-corrected chi connectivity index (χ2v) is 3.05. The van der Waals surface area contributed by atoms with E-state index >= 15 is 0 Å². The van der Waals surface area contributed by atoms with E-state index < -0.39 is 34.5 Å². The van der Waals surface area contributed by atoms with E-state index in [0.29, 0.717) is 6.07 Å². The van der Waals surface area contributed by atoms with Crippen molar-refractivity contribution in [3.63, 3.8) is 0 Å². The van der Waals surface area contributed by atoms with E-state index in [1.54, 1.807) is 0 Å². The summed E-state index contributed by atoms with van der Waals surface area (Å²) in [7, 11) is 0. The van der Waals surface area contributed by atoms with Gasteiger partial charge in [0.05, 0.1) is 34.3 Å². The molecule has 1 N–H and O–H groups in total. The maximum atomic E-state index is 12.5. The van der Waals surface area contributed by atoms with Gasteiger partial charge in [-0.05, 0) is 6.07 Å². The van der Waals surface area contributed by atoms with Crippen LogP contribution in [-0.2, 0) is 12.8 Å². The molecule has 0 aliphatic carbocycles. The smallest absolute Gasteiger partial charge is 0.391 e. The van der Waals surface area contributed by atoms with Crippen LogP contribution in [0, 0.1) is 21.4 Å². The Morgan fingerprint density at radius 3 is 2.41 bits per heavy atom. The predicted octanol–water partition coefficient (Wildman–Crippen LogP) is 1.98. The molecule has 0 heterocycles. The molecule has 0 radical (unpaired) electrons. The Balaban J connectivity index is 3.58. The lowest BCUT2D eigenvalue weighted by Gasteiger charge is -2.09. The molecule has 0 bridgehead atoms. The number of rotatable bonds is 2. The van der Waals surface area contributed by atoms with E-state index in [2.05, 4.69) is 0 Å². The van der Waals surface area contributed by atoms with Gasteiger partial charge in [-0.1, -0.05) is 0 Å². The zero-order chi connectivity index (χ0) is 13.2. The molecular weight excluding hydrogens is 241 g/mol. The average Bonchev–Trinajstić information content (AvgIpc) is 2.25. The van der Waals surface area contributed by atoms with Crippen molar-refractivity contribution in [2.24, 2.45) is 0 Å². The van der Waals surface area contributed by atoms with Crippen molar-refractivity contribution in [1.82, 2.24) is 0 Å². The van der Waals surface area contributed by atoms with Crippen LogP contribution in [0.3, 0.4) is 0 Å². The normalized spacial score (nSPS) is 11.0. The van der Waals surface area contributed by atoms with Crippen LogP contribution < -0.4 is 0 Å². The van der Waals surface area contributed by atoms with E-state index in [1.807, 2.05) is 0 Å². The molecule has 5 nitrogen and oxygen atoms in total. The Hall–Kier alpha value is -2.14. The van der Waals surface area contributed by atoms with Gasteiger partial charge in [-0.25, -0.2) is 0 Å². The molecule has 0 saturated carbocycles. The van der Waals surface area contributed by atoms with Gasteiger partial charge >= 0.3 is 6.18 Å². The zero-order valence-electron chi connectivity index (χ0n) is 8.15. The third kappa shape index (κ3) is 2.51. The lowest BCUT2D eigenvalue weighted by Crippen LogP contribution is -2.10. The summed E-state index contributed by atoms with van der Waals surface area (Å²) in [5, 5.41) is 27.8. The van der Waals surface area contributed by atoms with Gasteiger partial charge in [-0.15, -0.1) is 0 Å². The minimum atomic E-state index is -4.86. The summed E-state index contributed by atoms with van der Waals surface area (Å²) >= 11 is 0. The van der Waals surface area contributed by atoms with Crippen LogP contribution in [0.2, 0.25) is 0 Å². The SMILES string of the molecule is N#Cc1cc(CO)c([N+](=O)[O-])cc1C(F)(F)F. The number of aliphatic hydroxyl groups excluding tert-OH is 1. The van der Waals surface area contributed by atoms with Gasteiger partial charge in [0.25, 0.3) is 5.69 Å². The molecule has 0 unspecified atom stereocenters. The van der Waals surface area contributed by atoms with Crippen molar-refractivity contribution < 1.29 is 23.2 Å². The van der Waals surface area contributed by atoms with Gasteiger partial charge in [-0.3, -0.25) is 10.1 Å². The number of benzene rings is 1. The van der Waals surface area contributed by atoms with Crippen molar-refractivity contribution in [1.29, 1.82) is 5.26 Å². The van der Waals surface area contributed by atoms with Crippen molar-refractivity contribution >= 4 is 5.69 Å². The second kappa shape index (κ2) is 4.39. The molecule has 1 rings (SSSR count). The molecule has 0 saturated heterocycles. The van der Waals surface area contributed by atoms with Crippen LogP contribution in [0.4, 0.5) is 18.9 Å². The number of nitro benzene ring substituents is 1. The number of nitriles is 1. The van der Waals surface area contributed by atoms with Gasteiger partial charge < -0.3 is 5.11 Å². The molecule has 17 heavy (non-hydrogen) atoms. The standard InChI is InChI=1S/C9H5F3N2O3/c10-9(11,12)7-2-8(14(16)17)6(4-15)1-5(7)3-13/h1-2,15H,4H2. The number of alkyl halides is 3. The van der Waals surface area contributed by atoms with Gasteiger partial charge in [0.1, 0.15) is 0 Å². The molecule has 90 valence electrons. The summed E-state index contributed by atoms with van der Waals surface area (Å²) in [4.78, 5) is 9.46. The van der Waals surface area contributed by atoms with Crippen LogP contribution in [0.1, 0.15) is 16.7 Å². The summed E-state index contributed by atoms with van der Waals surface area (Å²) in [6, 6.07) is 2.21. The highest BCUT2D eigenvalue weighted by atomic mass is 19.4. The number of nitro groups is 1. The molecule has 0 spiro atoms. The Labute approximate surface area is 92.9 Å². The minimum absolute atomic E-state index is 0.254. The highest BCUT2D eigenvalue weighted by molar-refractivity contribution is 5.52. The monoisotopic (exact) mass is 246 g/mol. The van der Waals surface area contributed by atoms with E-state index in [-0.39, 0.29) is 11.6 Å². The lowest BCUT2D eigenvalue weighted by atomic mass is 10.0. The summed E-state index contributed by atoms with van der Waals surface area (Å²) < 4.78 is 37.4. The zero-order valence-corrected chi connectivity index (χ0v) is 8.15. The van der Waals surface area contributed by atoms with Gasteiger partial charge in [0.2, 0.25) is 0 Å². The summed E-state index contributed by atoms with van der Waals surface area (Å²) in [6.45, 7) is -0.816. The third-order valence-electron chi connectivity index (χ3n) is 2.01. The molecule has 8 heteroatoms. The quantitative estimate of drug-likeness (QED) is 0.638. The van der Waals surface area contributed by atoms with Gasteiger partial charge in [0.15, 0.2) is 0 Å². The highest BCUT2D eigenvalue weighted by Crippen LogP contribution is 2.35. The first-order valence-corrected chi connectivity index (χ1v) is 4.20. The summed E-state index contributed by atoms with van der Waals surface area (Å²) in [5.74, 6) is 0. The van der Waals surface area contributed by atoms with Crippen molar-refractivity contribution in [3.05, 3.63) is 38.9 Å². The molecule has 0 aromatic heterocycles. The average molecular weight is 246 g/mol. The van der Waals surface area contributed by atoms with Crippen LogP contribution in [0.25, 0.3) is 0 Å². The first kappa shape index (κ1) is 12.9. The molecule has 0 aliphatic rings. The van der Waals surface area contributed by atoms with E-state index in [4.69, 9.17) is 10.4 Å². The van der Waals surface area contributed by atoms with Crippen molar-refractivity contribution in [2.45, 2.75) is 12.8 Å². The van der Waals surface area contributed by atoms with Crippen LogP contribution in [-0.4, -0.2) is 10.0 Å². The fraction of sp³-hybridized carbons (Fsp3) is 0.222. The third-order valence-corrected chi connectivity index (χ3v) is 2.01. The Morgan fingerprint density at radius 2 is 2.06 bits per heavy atom. The topological polar surface area (TPSA) is 87.2 Å². The van der Waals surface area contributed by atoms with Crippen LogP contribution in [0.5, 0.6) is 0 Å². The molecule has 0 aliphatic heterocycles. The highest BCUT2D eigenvalue weighted by Gasteiger charge is 2.36. The fourth-order valence-corrected chi connectivity index (χ4v) is 1.26. The molecule has 1 aromatic rings. The van der Waals surface area contributed by atoms with E-state index in [0.717, 1.165) is 0 Å². The minimum Gasteiger partial charge on any atom is -0.391 e. The molecular formula is C9H5F3N2O3. The largest absolute Gasteiger partial charge is 0.417 e. The number of hydrogen-bond acceptors (Lipinski definition) is 4. The number of aliphatic hydroxyl groups is 1. The van der Waals surface area contributed by atoms with Crippen molar-refractivity contribution in [3.8, 4) is 6.07 Å². The van der Waals surface area contributed by atoms with Crippen molar-refractivity contribution in [2.75, 3.05) is 0 Å². The summed E-state index contributed by atoms with van der Waals surface area (Å²) in [6.07, 6.45) is -4.86. The Morgan fingerprint density at radius 1 is 1.47 bits per heavy atom. The van der Waals surface area contributed by atoms with E-state index in [9.17, 15) is 23.3 Å². The second-order valence-electron chi connectivity index (χ2n) is 3.05. The summed E-state index contributed by atoms with van der Waals surface area (Å²) in [5.41, 5.74) is -3.34. The maximum absolute atomic E-state index is 12.5. The first-order chi connectivity index (χ1) is 7.81. The number of halogens is 3. The fourth-order valence-electron chi connectivity index (χ4n) is 1.26. The van der Waals surface area contributed by atoms with Crippen LogP contribution in [0.15, 0.2) is 12.1 Å². The Bertz CT molecular complexity index is 505. The van der Waals surface area contributed by atoms with E-state index in [1.165, 1.54) is 6.07 Å². The first-order valence-electron chi connectivity index (χ1n) is 4.20. The number of hydrogen-bond donors (Lipinski definition) is 1. The van der Waals surface area contributed by atoms with Gasteiger partial charge in [-0.2, -0.15) is 18.4 Å². The molecule has 0 fully saturated rings. The maximum Gasteiger partial charge on any atom is 0.417 e. The molecule has 1 aromatic carbocycles. The Kier molecular flexibility index (Phi) is 3.34. The molecule has 0 amide bonds. The number of nitrogens with zero attached hydrogens (tertiary/aromatic N) is 2. The molecule has 0 atom stereocenters. The van der Waals surface area contributed by atoms with Gasteiger partial charge in [0, 0.05) is 6.07 Å². The van der Waals surface area contributed by atoms with Crippen LogP contribution >= 0.6 is 0 Å². The predicted molar refractivity (Wildman–Crippen MR) is 48.7 cm³/mol.